The van der Waals surface area contributed by atoms with Crippen LogP contribution in [0, 0.1) is 0 Å². The second kappa shape index (κ2) is 12.0. The number of carbonyl (C=O) groups excluding carboxylic acids is 2. The fraction of sp³-hybridized carbons (Fsp3) is 0.440. The first kappa shape index (κ1) is 30.5. The van der Waals surface area contributed by atoms with Crippen molar-refractivity contribution in [2.75, 3.05) is 18.5 Å². The van der Waals surface area contributed by atoms with E-state index in [0.29, 0.717) is 25.0 Å². The van der Waals surface area contributed by atoms with Crippen molar-refractivity contribution in [2.45, 2.75) is 57.0 Å². The normalized spacial score (nSPS) is 23.5. The number of rotatable bonds is 6. The first-order chi connectivity index (χ1) is 17.9. The van der Waals surface area contributed by atoms with Crippen molar-refractivity contribution < 1.29 is 32.2 Å². The van der Waals surface area contributed by atoms with Gasteiger partial charge in [-0.3, -0.25) is 14.5 Å². The zero-order chi connectivity index (χ0) is 27.7. The van der Waals surface area contributed by atoms with Crippen LogP contribution in [0.2, 0.25) is 5.02 Å². The molecule has 2 aliphatic rings. The molecule has 0 aliphatic carbocycles. The number of guanidine groups is 1. The Balaban J connectivity index is 0.00000420. The lowest BCUT2D eigenvalue weighted by atomic mass is 9.86. The molecule has 0 radical (unpaired) electrons. The Bertz CT molecular complexity index is 1250. The number of aromatic nitrogens is 1. The molecule has 2 amide bonds. The maximum absolute atomic E-state index is 13.2. The van der Waals surface area contributed by atoms with Gasteiger partial charge in [0.25, 0.3) is 5.91 Å². The second-order valence-electron chi connectivity index (χ2n) is 9.45. The zero-order valence-electron chi connectivity index (χ0n) is 21.1. The zero-order valence-corrected chi connectivity index (χ0v) is 22.7. The predicted molar refractivity (Wildman–Crippen MR) is 141 cm³/mol. The van der Waals surface area contributed by atoms with Gasteiger partial charge in [0.2, 0.25) is 11.8 Å². The summed E-state index contributed by atoms with van der Waals surface area (Å²) in [6, 6.07) is 7.30. The number of nitrogens with one attached hydrogen (secondary N) is 1. The van der Waals surface area contributed by atoms with Gasteiger partial charge in [-0.1, -0.05) is 23.7 Å². The van der Waals surface area contributed by atoms with E-state index in [1.807, 2.05) is 6.92 Å². The average molecular weight is 590 g/mol. The van der Waals surface area contributed by atoms with E-state index in [-0.39, 0.29) is 65.0 Å². The summed E-state index contributed by atoms with van der Waals surface area (Å²) >= 11 is 6.66. The number of benzene rings is 1. The van der Waals surface area contributed by atoms with Crippen LogP contribution in [0.1, 0.15) is 49.0 Å². The van der Waals surface area contributed by atoms with Gasteiger partial charge in [-0.2, -0.15) is 13.2 Å². The fourth-order valence-electron chi connectivity index (χ4n) is 4.60. The molecule has 3 atom stereocenters. The number of alkyl halides is 3. The van der Waals surface area contributed by atoms with E-state index in [1.165, 1.54) is 11.0 Å². The minimum absolute atomic E-state index is 0. The predicted octanol–water partition coefficient (Wildman–Crippen LogP) is 4.68. The molecule has 1 aromatic carbocycles. The molecule has 0 unspecified atom stereocenters. The lowest BCUT2D eigenvalue weighted by Crippen LogP contribution is -2.56. The Morgan fingerprint density at radius 3 is 2.69 bits per heavy atom. The van der Waals surface area contributed by atoms with Gasteiger partial charge < -0.3 is 20.5 Å². The number of ether oxygens (including phenoxy) is 2. The summed E-state index contributed by atoms with van der Waals surface area (Å²) in [4.78, 5) is 35.9. The molecule has 212 valence electrons. The number of halogens is 5. The third-order valence-corrected chi connectivity index (χ3v) is 6.81. The van der Waals surface area contributed by atoms with Crippen LogP contribution in [-0.4, -0.2) is 59.2 Å². The molecule has 0 bridgehead atoms. The number of anilines is 1. The van der Waals surface area contributed by atoms with Gasteiger partial charge in [0.15, 0.2) is 12.6 Å². The summed E-state index contributed by atoms with van der Waals surface area (Å²) in [7, 11) is 0. The van der Waals surface area contributed by atoms with Crippen molar-refractivity contribution in [2.24, 2.45) is 10.7 Å². The van der Waals surface area contributed by atoms with Crippen LogP contribution in [0.15, 0.2) is 41.5 Å². The van der Waals surface area contributed by atoms with Crippen LogP contribution in [0.4, 0.5) is 18.9 Å². The lowest BCUT2D eigenvalue weighted by Gasteiger charge is -2.41. The lowest BCUT2D eigenvalue weighted by molar-refractivity contribution is -0.154. The van der Waals surface area contributed by atoms with Crippen molar-refractivity contribution in [1.29, 1.82) is 0 Å². The number of amides is 2. The molecule has 0 saturated carbocycles. The highest BCUT2D eigenvalue weighted by atomic mass is 35.5. The second-order valence-corrected chi connectivity index (χ2v) is 9.83. The monoisotopic (exact) mass is 589 g/mol. The maximum atomic E-state index is 13.2. The molecular weight excluding hydrogens is 562 g/mol. The molecule has 9 nitrogen and oxygen atoms in total. The van der Waals surface area contributed by atoms with Crippen LogP contribution in [-0.2, 0) is 15.1 Å². The third-order valence-electron chi connectivity index (χ3n) is 6.40. The van der Waals surface area contributed by atoms with Crippen LogP contribution >= 0.6 is 24.0 Å². The van der Waals surface area contributed by atoms with E-state index in [9.17, 15) is 22.8 Å². The van der Waals surface area contributed by atoms with Crippen LogP contribution in [0.5, 0.6) is 5.88 Å². The van der Waals surface area contributed by atoms with E-state index >= 15 is 0 Å². The number of nitrogens with two attached hydrogens (primary N) is 1. The van der Waals surface area contributed by atoms with Crippen molar-refractivity contribution >= 4 is 47.5 Å². The van der Waals surface area contributed by atoms with E-state index in [0.717, 1.165) is 12.3 Å². The number of carbonyl (C=O) groups is 2. The van der Waals surface area contributed by atoms with E-state index < -0.39 is 24.2 Å². The Kier molecular flexibility index (Phi) is 9.35. The Labute approximate surface area is 234 Å². The van der Waals surface area contributed by atoms with Gasteiger partial charge in [-0.25, -0.2) is 9.98 Å². The molecule has 2 aromatic rings. The largest absolute Gasteiger partial charge is 0.468 e. The standard InChI is InChI=1S/C25H27ClF3N5O4.ClH/c1-14-10-16(8-9-37-14)34-20(35)11-24(2,33-23(34)30)17-4-3-5-18(21(17)26)32-22(36)15-6-7-19(31-12-15)38-13-25(27,28)29;/h3-7,12,14,16H,8-11,13H2,1-2H3,(H2,30,33)(H,32,36);1H/t14-,16-,24+;/m1./s1. The van der Waals surface area contributed by atoms with Gasteiger partial charge in [0, 0.05) is 30.5 Å². The van der Waals surface area contributed by atoms with E-state index in [2.05, 4.69) is 20.0 Å². The highest BCUT2D eigenvalue weighted by molar-refractivity contribution is 6.35. The van der Waals surface area contributed by atoms with Gasteiger partial charge in [0.05, 0.1) is 34.3 Å². The minimum Gasteiger partial charge on any atom is -0.468 e. The quantitative estimate of drug-likeness (QED) is 0.505. The van der Waals surface area contributed by atoms with Crippen LogP contribution in [0.25, 0.3) is 0 Å². The first-order valence-electron chi connectivity index (χ1n) is 11.9. The van der Waals surface area contributed by atoms with Gasteiger partial charge in [-0.15, -0.1) is 12.4 Å². The molecule has 2 aliphatic heterocycles. The van der Waals surface area contributed by atoms with E-state index in [1.54, 1.807) is 25.1 Å². The fourth-order valence-corrected chi connectivity index (χ4v) is 4.98. The summed E-state index contributed by atoms with van der Waals surface area (Å²) in [6.07, 6.45) is -2.05. The third kappa shape index (κ3) is 7.11. The molecule has 3 heterocycles. The summed E-state index contributed by atoms with van der Waals surface area (Å²) < 4.78 is 47.1. The molecule has 1 fully saturated rings. The summed E-state index contributed by atoms with van der Waals surface area (Å²) in [5.41, 5.74) is 6.06. The van der Waals surface area contributed by atoms with Gasteiger partial charge >= 0.3 is 6.18 Å². The van der Waals surface area contributed by atoms with E-state index in [4.69, 9.17) is 22.1 Å². The SMILES string of the molecule is C[C@@H]1C[C@H](N2C(=O)C[C@@](C)(c3cccc(NC(=O)c4ccc(OCC(F)(F)F)nc4)c3Cl)N=C2N)CCO1.Cl. The topological polar surface area (TPSA) is 119 Å². The maximum Gasteiger partial charge on any atom is 0.422 e. The smallest absolute Gasteiger partial charge is 0.422 e. The van der Waals surface area contributed by atoms with Crippen LogP contribution in [0.3, 0.4) is 0 Å². The number of hydrogen-bond acceptors (Lipinski definition) is 7. The summed E-state index contributed by atoms with van der Waals surface area (Å²) in [6.45, 7) is 2.74. The molecule has 4 rings (SSSR count). The van der Waals surface area contributed by atoms with Crippen molar-refractivity contribution in [3.05, 3.63) is 52.7 Å². The molecule has 14 heteroatoms. The highest BCUT2D eigenvalue weighted by Crippen LogP contribution is 2.41. The summed E-state index contributed by atoms with van der Waals surface area (Å²) in [5, 5.41) is 2.85. The molecule has 1 saturated heterocycles. The Morgan fingerprint density at radius 1 is 1.33 bits per heavy atom. The summed E-state index contributed by atoms with van der Waals surface area (Å²) in [5.74, 6) is -0.934. The number of hydrogen-bond donors (Lipinski definition) is 2. The Hall–Kier alpha value is -3.09. The molecular formula is C25H28Cl2F3N5O4. The first-order valence-corrected chi connectivity index (χ1v) is 12.3. The van der Waals surface area contributed by atoms with Crippen molar-refractivity contribution in [1.82, 2.24) is 9.88 Å². The molecule has 39 heavy (non-hydrogen) atoms. The molecule has 0 spiro atoms. The Morgan fingerprint density at radius 2 is 2.08 bits per heavy atom. The van der Waals surface area contributed by atoms with Gasteiger partial charge in [0.1, 0.15) is 0 Å². The number of pyridine rings is 1. The van der Waals surface area contributed by atoms with Crippen molar-refractivity contribution in [3.63, 3.8) is 0 Å². The number of nitrogens with zero attached hydrogens (tertiary/aromatic N) is 3. The molecule has 3 N–H and O–H groups in total. The van der Waals surface area contributed by atoms with Crippen molar-refractivity contribution in [3.8, 4) is 5.88 Å². The van der Waals surface area contributed by atoms with Crippen LogP contribution < -0.4 is 15.8 Å². The highest BCUT2D eigenvalue weighted by Gasteiger charge is 2.42. The molecule has 1 aromatic heterocycles. The number of aliphatic imine (C=N–C) groups is 1. The van der Waals surface area contributed by atoms with Gasteiger partial charge in [-0.05, 0) is 38.8 Å². The average Bonchev–Trinajstić information content (AvgIpc) is 2.83. The minimum atomic E-state index is -4.50.